The first-order chi connectivity index (χ1) is 13.4. The molecule has 1 N–H and O–H groups in total. The number of nitrogens with one attached hydrogen (secondary N) is 1. The van der Waals surface area contributed by atoms with Gasteiger partial charge in [-0.15, -0.1) is 0 Å². The van der Waals surface area contributed by atoms with Crippen molar-refractivity contribution < 1.29 is 14.3 Å². The summed E-state index contributed by atoms with van der Waals surface area (Å²) in [6, 6.07) is 13.0. The number of anilines is 1. The fourth-order valence-corrected chi connectivity index (χ4v) is 3.20. The number of rotatable bonds is 5. The predicted molar refractivity (Wildman–Crippen MR) is 110 cm³/mol. The number of carbonyl (C=O) groups is 2. The Morgan fingerprint density at radius 1 is 1.25 bits per heavy atom. The van der Waals surface area contributed by atoms with Crippen molar-refractivity contribution in [2.75, 3.05) is 5.32 Å². The lowest BCUT2D eigenvalue weighted by molar-refractivity contribution is -0.139. The van der Waals surface area contributed by atoms with Gasteiger partial charge in [0.2, 0.25) is 5.91 Å². The molecule has 0 bridgehead atoms. The molecule has 0 aliphatic carbocycles. The van der Waals surface area contributed by atoms with E-state index in [-0.39, 0.29) is 17.7 Å². The normalized spacial score (nSPS) is 16.4. The van der Waals surface area contributed by atoms with Crippen LogP contribution >= 0.6 is 11.6 Å². The van der Waals surface area contributed by atoms with Gasteiger partial charge in [-0.05, 0) is 42.3 Å². The number of fused-ring (bicyclic) bond motifs is 1. The van der Waals surface area contributed by atoms with Crippen LogP contribution in [0.25, 0.3) is 0 Å². The third-order valence-corrected chi connectivity index (χ3v) is 4.98. The van der Waals surface area contributed by atoms with E-state index in [0.29, 0.717) is 36.0 Å². The maximum Gasteiger partial charge on any atom is 0.264 e. The summed E-state index contributed by atoms with van der Waals surface area (Å²) in [6.45, 7) is 6.52. The van der Waals surface area contributed by atoms with E-state index in [9.17, 15) is 9.59 Å². The summed E-state index contributed by atoms with van der Waals surface area (Å²) in [5.41, 5.74) is 2.58. The van der Waals surface area contributed by atoms with Crippen LogP contribution in [0.5, 0.6) is 5.75 Å². The fourth-order valence-electron chi connectivity index (χ4n) is 3.08. The van der Waals surface area contributed by atoms with E-state index >= 15 is 0 Å². The second-order valence-electron chi connectivity index (χ2n) is 7.30. The Balaban J connectivity index is 1.88. The number of carbonyl (C=O) groups excluding carboxylic acids is 2. The topological polar surface area (TPSA) is 58.6 Å². The molecule has 1 unspecified atom stereocenters. The predicted octanol–water partition coefficient (Wildman–Crippen LogP) is 4.63. The van der Waals surface area contributed by atoms with Crippen molar-refractivity contribution in [1.82, 2.24) is 4.90 Å². The van der Waals surface area contributed by atoms with Gasteiger partial charge in [-0.2, -0.15) is 0 Å². The van der Waals surface area contributed by atoms with Crippen LogP contribution in [0.3, 0.4) is 0 Å². The van der Waals surface area contributed by atoms with Gasteiger partial charge in [-0.25, -0.2) is 0 Å². The van der Waals surface area contributed by atoms with Gasteiger partial charge in [0.05, 0.1) is 0 Å². The Labute approximate surface area is 170 Å². The molecule has 0 aromatic heterocycles. The molecule has 5 nitrogen and oxygen atoms in total. The Morgan fingerprint density at radius 3 is 2.61 bits per heavy atom. The number of amides is 2. The van der Waals surface area contributed by atoms with Crippen molar-refractivity contribution in [3.63, 3.8) is 0 Å². The molecule has 6 heteroatoms. The summed E-state index contributed by atoms with van der Waals surface area (Å²) in [6.07, 6.45) is 0.0611. The Hall–Kier alpha value is -2.53. The third kappa shape index (κ3) is 4.65. The highest BCUT2D eigenvalue weighted by Crippen LogP contribution is 2.30. The highest BCUT2D eigenvalue weighted by molar-refractivity contribution is 6.30. The van der Waals surface area contributed by atoms with Gasteiger partial charge >= 0.3 is 0 Å². The molecule has 1 aliphatic heterocycles. The van der Waals surface area contributed by atoms with Crippen LogP contribution in [0.1, 0.15) is 38.3 Å². The van der Waals surface area contributed by atoms with Gasteiger partial charge in [0.15, 0.2) is 6.10 Å². The maximum atomic E-state index is 13.0. The van der Waals surface area contributed by atoms with E-state index in [1.807, 2.05) is 63.2 Å². The van der Waals surface area contributed by atoms with Crippen molar-refractivity contribution >= 4 is 29.1 Å². The van der Waals surface area contributed by atoms with Crippen LogP contribution in [-0.2, 0) is 22.7 Å². The minimum atomic E-state index is -0.523. The molecular formula is C22H25ClN2O3. The smallest absolute Gasteiger partial charge is 0.264 e. The average molecular weight is 401 g/mol. The molecule has 0 saturated carbocycles. The van der Waals surface area contributed by atoms with Gasteiger partial charge in [0, 0.05) is 35.3 Å². The summed E-state index contributed by atoms with van der Waals surface area (Å²) in [5.74, 6) is 0.486. The minimum Gasteiger partial charge on any atom is -0.480 e. The van der Waals surface area contributed by atoms with Crippen LogP contribution in [0.15, 0.2) is 42.5 Å². The van der Waals surface area contributed by atoms with E-state index in [2.05, 4.69) is 5.32 Å². The van der Waals surface area contributed by atoms with E-state index in [1.54, 1.807) is 4.90 Å². The summed E-state index contributed by atoms with van der Waals surface area (Å²) in [5, 5.41) is 3.57. The lowest BCUT2D eigenvalue weighted by Gasteiger charge is -2.23. The first-order valence-corrected chi connectivity index (χ1v) is 9.88. The molecular weight excluding hydrogens is 376 g/mol. The largest absolute Gasteiger partial charge is 0.480 e. The zero-order valence-corrected chi connectivity index (χ0v) is 17.1. The molecule has 1 atom stereocenters. The molecule has 2 aromatic rings. The van der Waals surface area contributed by atoms with Crippen LogP contribution in [0, 0.1) is 5.92 Å². The molecule has 0 radical (unpaired) electrons. The van der Waals surface area contributed by atoms with Crippen molar-refractivity contribution in [1.29, 1.82) is 0 Å². The molecule has 28 heavy (non-hydrogen) atoms. The van der Waals surface area contributed by atoms with E-state index in [0.717, 1.165) is 11.1 Å². The molecule has 1 heterocycles. The highest BCUT2D eigenvalue weighted by Gasteiger charge is 2.30. The monoisotopic (exact) mass is 400 g/mol. The van der Waals surface area contributed by atoms with Gasteiger partial charge in [0.1, 0.15) is 5.75 Å². The van der Waals surface area contributed by atoms with E-state index < -0.39 is 6.10 Å². The van der Waals surface area contributed by atoms with Crippen molar-refractivity contribution in [3.05, 3.63) is 58.6 Å². The quantitative estimate of drug-likeness (QED) is 0.795. The number of ether oxygens (including phenoxy) is 1. The molecule has 3 rings (SSSR count). The SMILES string of the molecule is CCC1Oc2ccc(NC(=O)C(C)C)cc2CN(Cc2ccc(Cl)cc2)C1=O. The molecule has 2 amide bonds. The van der Waals surface area contributed by atoms with Gasteiger partial charge in [-0.3, -0.25) is 9.59 Å². The van der Waals surface area contributed by atoms with E-state index in [4.69, 9.17) is 16.3 Å². The molecule has 148 valence electrons. The molecule has 0 saturated heterocycles. The molecule has 2 aromatic carbocycles. The first-order valence-electron chi connectivity index (χ1n) is 9.51. The lowest BCUT2D eigenvalue weighted by Crippen LogP contribution is -2.38. The first kappa shape index (κ1) is 20.2. The summed E-state index contributed by atoms with van der Waals surface area (Å²) < 4.78 is 5.99. The summed E-state index contributed by atoms with van der Waals surface area (Å²) >= 11 is 5.97. The number of hydrogen-bond acceptors (Lipinski definition) is 3. The second-order valence-corrected chi connectivity index (χ2v) is 7.74. The third-order valence-electron chi connectivity index (χ3n) is 4.73. The molecule has 1 aliphatic rings. The van der Waals surface area contributed by atoms with Crippen LogP contribution < -0.4 is 10.1 Å². The lowest BCUT2D eigenvalue weighted by atomic mass is 10.1. The van der Waals surface area contributed by atoms with Crippen molar-refractivity contribution in [2.45, 2.75) is 46.4 Å². The van der Waals surface area contributed by atoms with Crippen LogP contribution in [0.2, 0.25) is 5.02 Å². The fraction of sp³-hybridized carbons (Fsp3) is 0.364. The standard InChI is InChI=1S/C22H25ClN2O3/c1-4-19-22(27)25(12-15-5-7-17(23)8-6-15)13-16-11-18(9-10-20(16)28-19)24-21(26)14(2)3/h5-11,14,19H,4,12-13H2,1-3H3,(H,24,26). The summed E-state index contributed by atoms with van der Waals surface area (Å²) in [4.78, 5) is 26.8. The minimum absolute atomic E-state index is 0.0404. The van der Waals surface area contributed by atoms with Gasteiger partial charge < -0.3 is 15.0 Å². The van der Waals surface area contributed by atoms with Crippen LogP contribution in [-0.4, -0.2) is 22.8 Å². The van der Waals surface area contributed by atoms with Crippen molar-refractivity contribution in [3.8, 4) is 5.75 Å². The highest BCUT2D eigenvalue weighted by atomic mass is 35.5. The zero-order valence-electron chi connectivity index (χ0n) is 16.4. The Kier molecular flexibility index (Phi) is 6.25. The number of benzene rings is 2. The van der Waals surface area contributed by atoms with E-state index in [1.165, 1.54) is 0 Å². The Bertz CT molecular complexity index is 865. The summed E-state index contributed by atoms with van der Waals surface area (Å²) in [7, 11) is 0. The van der Waals surface area contributed by atoms with Crippen LogP contribution in [0.4, 0.5) is 5.69 Å². The number of halogens is 1. The second kappa shape index (κ2) is 8.65. The number of nitrogens with zero attached hydrogens (tertiary/aromatic N) is 1. The molecule has 0 spiro atoms. The maximum absolute atomic E-state index is 13.0. The number of hydrogen-bond donors (Lipinski definition) is 1. The van der Waals surface area contributed by atoms with Crippen molar-refractivity contribution in [2.24, 2.45) is 5.92 Å². The average Bonchev–Trinajstić information content (AvgIpc) is 2.80. The Morgan fingerprint density at radius 2 is 1.96 bits per heavy atom. The van der Waals surface area contributed by atoms with Gasteiger partial charge in [0.25, 0.3) is 5.91 Å². The zero-order chi connectivity index (χ0) is 20.3. The van der Waals surface area contributed by atoms with Gasteiger partial charge in [-0.1, -0.05) is 44.5 Å². The molecule has 0 fully saturated rings.